The lowest BCUT2D eigenvalue weighted by atomic mass is 9.94. The predicted octanol–water partition coefficient (Wildman–Crippen LogP) is 5.62. The van der Waals surface area contributed by atoms with Gasteiger partial charge in [-0.3, -0.25) is 14.6 Å². The molecule has 3 aromatic carbocycles. The van der Waals surface area contributed by atoms with Crippen LogP contribution in [-0.4, -0.2) is 59.9 Å². The van der Waals surface area contributed by atoms with Crippen molar-refractivity contribution in [3.05, 3.63) is 106 Å². The van der Waals surface area contributed by atoms with Crippen molar-refractivity contribution in [3.63, 3.8) is 0 Å². The molecule has 0 N–H and O–H groups in total. The summed E-state index contributed by atoms with van der Waals surface area (Å²) in [6.07, 6.45) is 1.65. The SMILES string of the molecule is O=C(C1CCN(Cc2ccc(Cl)cc2F)CC1)N1CCN(C(c2ccccc2)c2ccccc2)CC1. The van der Waals surface area contributed by atoms with Gasteiger partial charge >= 0.3 is 0 Å². The van der Waals surface area contributed by atoms with E-state index in [2.05, 4.69) is 75.4 Å². The minimum absolute atomic E-state index is 0.0573. The molecule has 36 heavy (non-hydrogen) atoms. The molecule has 0 aromatic heterocycles. The van der Waals surface area contributed by atoms with Gasteiger partial charge in [0, 0.05) is 49.2 Å². The molecule has 0 saturated carbocycles. The quantitative estimate of drug-likeness (QED) is 0.434. The number of hydrogen-bond acceptors (Lipinski definition) is 3. The molecule has 1 amide bonds. The smallest absolute Gasteiger partial charge is 0.225 e. The summed E-state index contributed by atoms with van der Waals surface area (Å²) in [5, 5.41) is 0.416. The first kappa shape index (κ1) is 24.9. The van der Waals surface area contributed by atoms with Gasteiger partial charge in [0.15, 0.2) is 0 Å². The Kier molecular flexibility index (Phi) is 8.00. The van der Waals surface area contributed by atoms with Crippen LogP contribution in [0.25, 0.3) is 0 Å². The minimum atomic E-state index is -0.261. The van der Waals surface area contributed by atoms with Gasteiger partial charge in [-0.15, -0.1) is 0 Å². The van der Waals surface area contributed by atoms with Crippen molar-refractivity contribution in [2.75, 3.05) is 39.3 Å². The van der Waals surface area contributed by atoms with Gasteiger partial charge in [-0.05, 0) is 49.2 Å². The van der Waals surface area contributed by atoms with E-state index in [1.54, 1.807) is 12.1 Å². The molecule has 2 aliphatic rings. The summed E-state index contributed by atoms with van der Waals surface area (Å²) in [6, 6.07) is 26.3. The van der Waals surface area contributed by atoms with E-state index < -0.39 is 0 Å². The molecule has 6 heteroatoms. The predicted molar refractivity (Wildman–Crippen MR) is 142 cm³/mol. The molecular formula is C30H33ClFN3O. The zero-order chi connectivity index (χ0) is 24.9. The number of carbonyl (C=O) groups excluding carboxylic acids is 1. The molecule has 2 fully saturated rings. The second-order valence-corrected chi connectivity index (χ2v) is 10.3. The number of benzene rings is 3. The largest absolute Gasteiger partial charge is 0.340 e. The van der Waals surface area contributed by atoms with E-state index in [1.807, 2.05) is 0 Å². The summed E-state index contributed by atoms with van der Waals surface area (Å²) in [6.45, 7) is 5.40. The summed E-state index contributed by atoms with van der Waals surface area (Å²) in [7, 11) is 0. The Morgan fingerprint density at radius 3 is 1.97 bits per heavy atom. The van der Waals surface area contributed by atoms with Crippen molar-refractivity contribution >= 4 is 17.5 Å². The van der Waals surface area contributed by atoms with Gasteiger partial charge in [0.1, 0.15) is 5.82 Å². The molecular weight excluding hydrogens is 473 g/mol. The van der Waals surface area contributed by atoms with Crippen molar-refractivity contribution < 1.29 is 9.18 Å². The Morgan fingerprint density at radius 2 is 1.42 bits per heavy atom. The molecule has 188 valence electrons. The fourth-order valence-corrected chi connectivity index (χ4v) is 5.73. The van der Waals surface area contributed by atoms with Crippen molar-refractivity contribution in [3.8, 4) is 0 Å². The Balaban J connectivity index is 1.16. The average Bonchev–Trinajstić information content (AvgIpc) is 2.92. The average molecular weight is 506 g/mol. The number of rotatable bonds is 6. The van der Waals surface area contributed by atoms with Gasteiger partial charge in [0.25, 0.3) is 0 Å². The zero-order valence-electron chi connectivity index (χ0n) is 20.5. The van der Waals surface area contributed by atoms with Crippen LogP contribution in [0.3, 0.4) is 0 Å². The van der Waals surface area contributed by atoms with E-state index in [-0.39, 0.29) is 23.7 Å². The van der Waals surface area contributed by atoms with Gasteiger partial charge in [-0.2, -0.15) is 0 Å². The van der Waals surface area contributed by atoms with Gasteiger partial charge in [0.05, 0.1) is 6.04 Å². The summed E-state index contributed by atoms with van der Waals surface area (Å²) < 4.78 is 14.2. The molecule has 0 aliphatic carbocycles. The van der Waals surface area contributed by atoms with E-state index >= 15 is 0 Å². The number of piperazine rings is 1. The number of amides is 1. The number of halogens is 2. The molecule has 0 bridgehead atoms. The third-order valence-electron chi connectivity index (χ3n) is 7.57. The lowest BCUT2D eigenvalue weighted by Gasteiger charge is -2.41. The molecule has 0 atom stereocenters. The summed E-state index contributed by atoms with van der Waals surface area (Å²) >= 11 is 5.88. The van der Waals surface area contributed by atoms with Gasteiger partial charge in [0.2, 0.25) is 5.91 Å². The highest BCUT2D eigenvalue weighted by atomic mass is 35.5. The standard InChI is InChI=1S/C30H33ClFN3O/c31-27-12-11-26(28(32)21-27)22-33-15-13-25(14-16-33)30(36)35-19-17-34(18-20-35)29(23-7-3-1-4-8-23)24-9-5-2-6-10-24/h1-12,21,25,29H,13-20,22H2. The van der Waals surface area contributed by atoms with Gasteiger partial charge < -0.3 is 4.90 Å². The van der Waals surface area contributed by atoms with Crippen LogP contribution in [0.4, 0.5) is 4.39 Å². The molecule has 2 aliphatic heterocycles. The zero-order valence-corrected chi connectivity index (χ0v) is 21.3. The minimum Gasteiger partial charge on any atom is -0.340 e. The Morgan fingerprint density at radius 1 is 0.833 bits per heavy atom. The molecule has 0 spiro atoms. The first-order valence-electron chi connectivity index (χ1n) is 12.9. The van der Waals surface area contributed by atoms with Crippen LogP contribution in [0, 0.1) is 11.7 Å². The second-order valence-electron chi connectivity index (χ2n) is 9.87. The van der Waals surface area contributed by atoms with Crippen LogP contribution in [0.2, 0.25) is 5.02 Å². The maximum atomic E-state index is 14.2. The maximum absolute atomic E-state index is 14.2. The monoisotopic (exact) mass is 505 g/mol. The molecule has 3 aromatic rings. The van der Waals surface area contributed by atoms with E-state index in [4.69, 9.17) is 11.6 Å². The third kappa shape index (κ3) is 5.80. The van der Waals surface area contributed by atoms with E-state index in [0.29, 0.717) is 17.1 Å². The number of nitrogens with zero attached hydrogens (tertiary/aromatic N) is 3. The molecule has 0 radical (unpaired) electrons. The third-order valence-corrected chi connectivity index (χ3v) is 7.80. The van der Waals surface area contributed by atoms with Crippen LogP contribution in [0.5, 0.6) is 0 Å². The summed E-state index contributed by atoms with van der Waals surface area (Å²) in [4.78, 5) is 20.1. The second kappa shape index (κ2) is 11.5. The van der Waals surface area contributed by atoms with Gasteiger partial charge in [-0.1, -0.05) is 78.3 Å². The van der Waals surface area contributed by atoms with Crippen LogP contribution < -0.4 is 0 Å². The van der Waals surface area contributed by atoms with E-state index in [0.717, 1.165) is 52.1 Å². The van der Waals surface area contributed by atoms with E-state index in [9.17, 15) is 9.18 Å². The molecule has 2 heterocycles. The highest BCUT2D eigenvalue weighted by Gasteiger charge is 2.32. The van der Waals surface area contributed by atoms with Crippen molar-refractivity contribution in [1.29, 1.82) is 0 Å². The van der Waals surface area contributed by atoms with Crippen molar-refractivity contribution in [2.24, 2.45) is 5.92 Å². The Hall–Kier alpha value is -2.73. The number of likely N-dealkylation sites (tertiary alicyclic amines) is 1. The molecule has 5 rings (SSSR count). The fraction of sp³-hybridized carbons (Fsp3) is 0.367. The molecule has 4 nitrogen and oxygen atoms in total. The first-order chi connectivity index (χ1) is 17.6. The summed E-state index contributed by atoms with van der Waals surface area (Å²) in [5.74, 6) is 0.0766. The van der Waals surface area contributed by atoms with Crippen LogP contribution in [-0.2, 0) is 11.3 Å². The molecule has 0 unspecified atom stereocenters. The maximum Gasteiger partial charge on any atom is 0.225 e. The number of carbonyl (C=O) groups is 1. The van der Waals surface area contributed by atoms with Crippen LogP contribution >= 0.6 is 11.6 Å². The highest BCUT2D eigenvalue weighted by Crippen LogP contribution is 2.30. The fourth-order valence-electron chi connectivity index (χ4n) is 5.57. The number of piperidine rings is 1. The molecule has 2 saturated heterocycles. The normalized spacial score (nSPS) is 18.0. The Bertz CT molecular complexity index is 1100. The van der Waals surface area contributed by atoms with Crippen LogP contribution in [0.15, 0.2) is 78.9 Å². The van der Waals surface area contributed by atoms with Crippen molar-refractivity contribution in [2.45, 2.75) is 25.4 Å². The highest BCUT2D eigenvalue weighted by molar-refractivity contribution is 6.30. The topological polar surface area (TPSA) is 26.8 Å². The first-order valence-corrected chi connectivity index (χ1v) is 13.3. The number of hydrogen-bond donors (Lipinski definition) is 0. The van der Waals surface area contributed by atoms with Gasteiger partial charge in [-0.25, -0.2) is 4.39 Å². The lowest BCUT2D eigenvalue weighted by molar-refractivity contribution is -0.139. The van der Waals surface area contributed by atoms with E-state index in [1.165, 1.54) is 17.2 Å². The van der Waals surface area contributed by atoms with Crippen LogP contribution in [0.1, 0.15) is 35.6 Å². The Labute approximate surface area is 218 Å². The summed E-state index contributed by atoms with van der Waals surface area (Å²) in [5.41, 5.74) is 3.23. The lowest BCUT2D eigenvalue weighted by Crippen LogP contribution is -2.52. The van der Waals surface area contributed by atoms with Crippen molar-refractivity contribution in [1.82, 2.24) is 14.7 Å².